The van der Waals surface area contributed by atoms with Crippen molar-refractivity contribution >= 4 is 6.08 Å². The quantitative estimate of drug-likeness (QED) is 0.816. The fourth-order valence-electron chi connectivity index (χ4n) is 2.36. The number of methoxy groups -OCH3 is 2. The second-order valence-electron chi connectivity index (χ2n) is 4.66. The van der Waals surface area contributed by atoms with Crippen LogP contribution < -0.4 is 9.47 Å². The SMILES string of the molecule is COc1ccc(/C=C/[C@H]2CCCN2C)cc1OC. The lowest BCUT2D eigenvalue weighted by Crippen LogP contribution is -2.22. The molecule has 0 unspecified atom stereocenters. The van der Waals surface area contributed by atoms with Crippen LogP contribution in [0.3, 0.4) is 0 Å². The number of nitrogens with zero attached hydrogens (tertiary/aromatic N) is 1. The average Bonchev–Trinajstić information content (AvgIpc) is 2.81. The van der Waals surface area contributed by atoms with E-state index in [0.717, 1.165) is 17.1 Å². The molecule has 0 N–H and O–H groups in total. The molecule has 0 spiro atoms. The van der Waals surface area contributed by atoms with Crippen molar-refractivity contribution in [2.24, 2.45) is 0 Å². The van der Waals surface area contributed by atoms with E-state index < -0.39 is 0 Å². The Balaban J connectivity index is 2.11. The Morgan fingerprint density at radius 3 is 2.61 bits per heavy atom. The average molecular weight is 247 g/mol. The first-order valence-electron chi connectivity index (χ1n) is 6.35. The third-order valence-electron chi connectivity index (χ3n) is 3.50. The Kier molecular flexibility index (Phi) is 4.26. The highest BCUT2D eigenvalue weighted by atomic mass is 16.5. The molecule has 3 heteroatoms. The van der Waals surface area contributed by atoms with E-state index in [1.165, 1.54) is 19.4 Å². The van der Waals surface area contributed by atoms with Crippen LogP contribution in [0.2, 0.25) is 0 Å². The standard InChI is InChI=1S/C15H21NO2/c1-16-10-4-5-13(16)8-6-12-7-9-14(17-2)15(11-12)18-3/h6-9,11,13H,4-5,10H2,1-3H3/b8-6+/t13-/m1/s1. The maximum atomic E-state index is 5.30. The molecule has 18 heavy (non-hydrogen) atoms. The zero-order chi connectivity index (χ0) is 13.0. The molecule has 1 saturated heterocycles. The maximum Gasteiger partial charge on any atom is 0.161 e. The molecule has 0 aromatic heterocycles. The molecular weight excluding hydrogens is 226 g/mol. The zero-order valence-electron chi connectivity index (χ0n) is 11.3. The van der Waals surface area contributed by atoms with Crippen molar-refractivity contribution in [3.63, 3.8) is 0 Å². The minimum absolute atomic E-state index is 0.568. The molecule has 2 rings (SSSR count). The molecule has 0 bridgehead atoms. The first kappa shape index (κ1) is 13.0. The van der Waals surface area contributed by atoms with Gasteiger partial charge in [-0.1, -0.05) is 18.2 Å². The fourth-order valence-corrected chi connectivity index (χ4v) is 2.36. The van der Waals surface area contributed by atoms with Gasteiger partial charge in [0, 0.05) is 6.04 Å². The Bertz CT molecular complexity index is 429. The lowest BCUT2D eigenvalue weighted by molar-refractivity contribution is 0.354. The molecule has 0 aliphatic carbocycles. The highest BCUT2D eigenvalue weighted by Gasteiger charge is 2.17. The van der Waals surface area contributed by atoms with Crippen LogP contribution in [0.25, 0.3) is 6.08 Å². The zero-order valence-corrected chi connectivity index (χ0v) is 11.3. The van der Waals surface area contributed by atoms with E-state index in [1.54, 1.807) is 14.2 Å². The summed E-state index contributed by atoms with van der Waals surface area (Å²) in [6, 6.07) is 6.56. The highest BCUT2D eigenvalue weighted by Crippen LogP contribution is 2.28. The van der Waals surface area contributed by atoms with Crippen molar-refractivity contribution in [2.45, 2.75) is 18.9 Å². The van der Waals surface area contributed by atoms with Crippen molar-refractivity contribution in [3.8, 4) is 11.5 Å². The van der Waals surface area contributed by atoms with Crippen LogP contribution in [0.4, 0.5) is 0 Å². The van der Waals surface area contributed by atoms with Crippen molar-refractivity contribution in [1.82, 2.24) is 4.90 Å². The number of hydrogen-bond acceptors (Lipinski definition) is 3. The summed E-state index contributed by atoms with van der Waals surface area (Å²) < 4.78 is 10.5. The van der Waals surface area contributed by atoms with Gasteiger partial charge >= 0.3 is 0 Å². The second kappa shape index (κ2) is 5.91. The first-order valence-corrected chi connectivity index (χ1v) is 6.35. The molecule has 1 aromatic carbocycles. The smallest absolute Gasteiger partial charge is 0.161 e. The van der Waals surface area contributed by atoms with Crippen molar-refractivity contribution in [3.05, 3.63) is 29.8 Å². The summed E-state index contributed by atoms with van der Waals surface area (Å²) >= 11 is 0. The number of hydrogen-bond donors (Lipinski definition) is 0. The van der Waals surface area contributed by atoms with Crippen molar-refractivity contribution in [1.29, 1.82) is 0 Å². The summed E-state index contributed by atoms with van der Waals surface area (Å²) in [5, 5.41) is 0. The predicted octanol–water partition coefficient (Wildman–Crippen LogP) is 2.81. The van der Waals surface area contributed by atoms with E-state index in [-0.39, 0.29) is 0 Å². The molecule has 0 radical (unpaired) electrons. The number of benzene rings is 1. The number of ether oxygens (including phenoxy) is 2. The molecule has 98 valence electrons. The van der Waals surface area contributed by atoms with Crippen LogP contribution in [0.5, 0.6) is 11.5 Å². The largest absolute Gasteiger partial charge is 0.493 e. The van der Waals surface area contributed by atoms with Gasteiger partial charge in [-0.05, 0) is 44.1 Å². The van der Waals surface area contributed by atoms with E-state index >= 15 is 0 Å². The van der Waals surface area contributed by atoms with Gasteiger partial charge in [-0.15, -0.1) is 0 Å². The van der Waals surface area contributed by atoms with Gasteiger partial charge in [0.1, 0.15) is 0 Å². The molecule has 1 fully saturated rings. The molecule has 1 aliphatic heterocycles. The molecule has 3 nitrogen and oxygen atoms in total. The Labute approximate surface area is 109 Å². The third kappa shape index (κ3) is 2.85. The summed E-state index contributed by atoms with van der Waals surface area (Å²) in [7, 11) is 5.49. The molecule has 1 aliphatic rings. The molecule has 1 heterocycles. The van der Waals surface area contributed by atoms with Crippen LogP contribution in [0, 0.1) is 0 Å². The minimum atomic E-state index is 0.568. The van der Waals surface area contributed by atoms with Crippen LogP contribution in [-0.4, -0.2) is 38.8 Å². The number of rotatable bonds is 4. The second-order valence-corrected chi connectivity index (χ2v) is 4.66. The summed E-state index contributed by atoms with van der Waals surface area (Å²) in [6.45, 7) is 1.20. The predicted molar refractivity (Wildman–Crippen MR) is 74.2 cm³/mol. The van der Waals surface area contributed by atoms with E-state index in [9.17, 15) is 0 Å². The monoisotopic (exact) mass is 247 g/mol. The van der Waals surface area contributed by atoms with Crippen LogP contribution in [-0.2, 0) is 0 Å². The number of likely N-dealkylation sites (N-methyl/N-ethyl adjacent to an activating group) is 1. The maximum absolute atomic E-state index is 5.30. The highest BCUT2D eigenvalue weighted by molar-refractivity contribution is 5.56. The van der Waals surface area contributed by atoms with Crippen LogP contribution in [0.15, 0.2) is 24.3 Å². The summed E-state index contributed by atoms with van der Waals surface area (Å²) in [5.41, 5.74) is 1.15. The Morgan fingerprint density at radius 2 is 2.00 bits per heavy atom. The van der Waals surface area contributed by atoms with E-state index in [0.29, 0.717) is 6.04 Å². The van der Waals surface area contributed by atoms with E-state index in [1.807, 2.05) is 18.2 Å². The molecular formula is C15H21NO2. The van der Waals surface area contributed by atoms with Gasteiger partial charge in [0.05, 0.1) is 14.2 Å². The van der Waals surface area contributed by atoms with Gasteiger partial charge in [-0.2, -0.15) is 0 Å². The van der Waals surface area contributed by atoms with Gasteiger partial charge in [0.2, 0.25) is 0 Å². The third-order valence-corrected chi connectivity index (χ3v) is 3.50. The summed E-state index contributed by atoms with van der Waals surface area (Å²) in [5.74, 6) is 1.55. The lowest BCUT2D eigenvalue weighted by atomic mass is 10.1. The van der Waals surface area contributed by atoms with Crippen molar-refractivity contribution in [2.75, 3.05) is 27.8 Å². The van der Waals surface area contributed by atoms with Gasteiger partial charge in [-0.3, -0.25) is 4.90 Å². The Hall–Kier alpha value is -1.48. The van der Waals surface area contributed by atoms with Crippen LogP contribution in [0.1, 0.15) is 18.4 Å². The van der Waals surface area contributed by atoms with Gasteiger partial charge in [-0.25, -0.2) is 0 Å². The van der Waals surface area contributed by atoms with Crippen LogP contribution >= 0.6 is 0 Å². The first-order chi connectivity index (χ1) is 8.74. The minimum Gasteiger partial charge on any atom is -0.493 e. The van der Waals surface area contributed by atoms with Crippen molar-refractivity contribution < 1.29 is 9.47 Å². The molecule has 1 atom stereocenters. The molecule has 1 aromatic rings. The summed E-state index contributed by atoms with van der Waals surface area (Å²) in [4.78, 5) is 2.39. The normalized spacial score (nSPS) is 20.5. The van der Waals surface area contributed by atoms with Gasteiger partial charge < -0.3 is 9.47 Å². The van der Waals surface area contributed by atoms with E-state index in [4.69, 9.17) is 9.47 Å². The molecule has 0 saturated carbocycles. The molecule has 0 amide bonds. The Morgan fingerprint density at radius 1 is 1.22 bits per heavy atom. The number of likely N-dealkylation sites (tertiary alicyclic amines) is 1. The van der Waals surface area contributed by atoms with E-state index in [2.05, 4.69) is 24.1 Å². The van der Waals surface area contributed by atoms with Gasteiger partial charge in [0.25, 0.3) is 0 Å². The summed E-state index contributed by atoms with van der Waals surface area (Å²) in [6.07, 6.45) is 6.97. The topological polar surface area (TPSA) is 21.7 Å². The van der Waals surface area contributed by atoms with Gasteiger partial charge in [0.15, 0.2) is 11.5 Å². The lowest BCUT2D eigenvalue weighted by Gasteiger charge is -2.15. The fraction of sp³-hybridized carbons (Fsp3) is 0.467.